The molecule has 1 N–H and O–H groups in total. The summed E-state index contributed by atoms with van der Waals surface area (Å²) in [6.45, 7) is -0.324. The van der Waals surface area contributed by atoms with Gasteiger partial charge in [0, 0.05) is 25.2 Å². The van der Waals surface area contributed by atoms with Crippen LogP contribution in [0.4, 0.5) is 9.18 Å². The van der Waals surface area contributed by atoms with E-state index in [0.717, 1.165) is 15.9 Å². The highest BCUT2D eigenvalue weighted by molar-refractivity contribution is 7.88. The van der Waals surface area contributed by atoms with Gasteiger partial charge >= 0.3 is 27.9 Å². The van der Waals surface area contributed by atoms with Crippen LogP contribution in [0.25, 0.3) is 0 Å². The van der Waals surface area contributed by atoms with Gasteiger partial charge in [0.1, 0.15) is 0 Å². The number of hydrogen-bond donors (Lipinski definition) is 1. The third kappa shape index (κ3) is 4.33. The Hall–Kier alpha value is -2.48. The molecule has 0 unspecified atom stereocenters. The van der Waals surface area contributed by atoms with E-state index in [1.54, 1.807) is 16.3 Å². The Bertz CT molecular complexity index is 985. The Morgan fingerprint density at radius 2 is 2.24 bits per heavy atom. The molecule has 0 atom stereocenters. The van der Waals surface area contributed by atoms with Crippen LogP contribution in [0.3, 0.4) is 0 Å². The second-order valence-electron chi connectivity index (χ2n) is 4.64. The number of halogens is 1. The number of aryl methyl sites for hydroxylation is 1. The predicted octanol–water partition coefficient (Wildman–Crippen LogP) is -0.784. The van der Waals surface area contributed by atoms with Crippen molar-refractivity contribution >= 4 is 27.6 Å². The van der Waals surface area contributed by atoms with E-state index in [2.05, 4.69) is 9.50 Å². The van der Waals surface area contributed by atoms with Gasteiger partial charge in [0.05, 0.1) is 13.8 Å². The zero-order valence-corrected chi connectivity index (χ0v) is 14.9. The normalized spacial score (nSPS) is 12.4. The summed E-state index contributed by atoms with van der Waals surface area (Å²) >= 11 is 0.998. The fourth-order valence-corrected chi connectivity index (χ4v) is 3.53. The summed E-state index contributed by atoms with van der Waals surface area (Å²) in [4.78, 5) is 23.9. The van der Waals surface area contributed by atoms with E-state index in [4.69, 9.17) is 4.74 Å². The van der Waals surface area contributed by atoms with Gasteiger partial charge in [0.15, 0.2) is 0 Å². The van der Waals surface area contributed by atoms with Crippen LogP contribution in [0.2, 0.25) is 0 Å². The third-order valence-electron chi connectivity index (χ3n) is 2.92. The standard InChI is InChI=1S/C11H15FN6O5S2/c1-16-9(23-2)13-18(11(16)20)8(19)14-25(21,22)15-10-17(5-3-4-12)6-7-24-10/h6-7H,3-5H2,1-2H3,(H,14,19). The number of methoxy groups -OCH3 is 1. The molecule has 14 heteroatoms. The largest absolute Gasteiger partial charge is 0.467 e. The van der Waals surface area contributed by atoms with E-state index >= 15 is 0 Å². The molecule has 0 saturated carbocycles. The van der Waals surface area contributed by atoms with Crippen LogP contribution >= 0.6 is 11.3 Å². The number of rotatable bonds is 6. The van der Waals surface area contributed by atoms with Gasteiger partial charge in [0.25, 0.3) is 0 Å². The first kappa shape index (κ1) is 18.9. The molecule has 2 aromatic rings. The van der Waals surface area contributed by atoms with Crippen LogP contribution < -0.4 is 20.0 Å². The number of hydrogen-bond acceptors (Lipinski definition) is 7. The van der Waals surface area contributed by atoms with E-state index in [1.165, 1.54) is 18.7 Å². The SMILES string of the molecule is COc1nn(C(=O)NS(=O)(=O)N=c2sccn2CCCF)c(=O)n1C. The molecular weight excluding hydrogens is 379 g/mol. The van der Waals surface area contributed by atoms with E-state index in [1.807, 2.05) is 0 Å². The fraction of sp³-hybridized carbons (Fsp3) is 0.455. The van der Waals surface area contributed by atoms with Crippen LogP contribution in [0, 0.1) is 0 Å². The van der Waals surface area contributed by atoms with Gasteiger partial charge in [-0.2, -0.15) is 8.42 Å². The maximum atomic E-state index is 12.2. The van der Waals surface area contributed by atoms with Gasteiger partial charge in [-0.25, -0.2) is 18.9 Å². The monoisotopic (exact) mass is 394 g/mol. The molecule has 2 aromatic heterocycles. The van der Waals surface area contributed by atoms with E-state index < -0.39 is 28.6 Å². The highest BCUT2D eigenvalue weighted by atomic mass is 32.2. The van der Waals surface area contributed by atoms with Crippen molar-refractivity contribution in [1.29, 1.82) is 0 Å². The van der Waals surface area contributed by atoms with Crippen molar-refractivity contribution in [2.24, 2.45) is 11.4 Å². The molecule has 2 heterocycles. The summed E-state index contributed by atoms with van der Waals surface area (Å²) in [7, 11) is -1.91. The number of alkyl halides is 1. The first-order valence-corrected chi connectivity index (χ1v) is 9.14. The average molecular weight is 394 g/mol. The summed E-state index contributed by atoms with van der Waals surface area (Å²) in [6.07, 6.45) is 1.74. The number of amides is 1. The minimum atomic E-state index is -4.46. The van der Waals surface area contributed by atoms with Crippen molar-refractivity contribution in [2.75, 3.05) is 13.8 Å². The van der Waals surface area contributed by atoms with Gasteiger partial charge < -0.3 is 9.30 Å². The first-order valence-electron chi connectivity index (χ1n) is 6.82. The second-order valence-corrected chi connectivity index (χ2v) is 6.85. The quantitative estimate of drug-likeness (QED) is 0.684. The number of nitrogens with zero attached hydrogens (tertiary/aromatic N) is 5. The van der Waals surface area contributed by atoms with Gasteiger partial charge in [-0.05, 0) is 6.42 Å². The molecule has 0 saturated heterocycles. The number of carbonyl (C=O) groups excluding carboxylic acids is 1. The van der Waals surface area contributed by atoms with E-state index in [0.29, 0.717) is 4.68 Å². The number of carbonyl (C=O) groups is 1. The Morgan fingerprint density at radius 1 is 1.52 bits per heavy atom. The Balaban J connectivity index is 2.27. The summed E-state index contributed by atoms with van der Waals surface area (Å²) in [6, 6.07) is -1.48. The summed E-state index contributed by atoms with van der Waals surface area (Å²) in [5.41, 5.74) is -0.890. The Labute approximate surface area is 145 Å². The van der Waals surface area contributed by atoms with Gasteiger partial charge in [0.2, 0.25) is 4.80 Å². The molecular formula is C11H15FN6O5S2. The van der Waals surface area contributed by atoms with Crippen LogP contribution in [0.1, 0.15) is 6.42 Å². The van der Waals surface area contributed by atoms with Gasteiger partial charge in [-0.15, -0.1) is 25.5 Å². The first-order chi connectivity index (χ1) is 11.8. The Kier molecular flexibility index (Phi) is 5.73. The van der Waals surface area contributed by atoms with Crippen LogP contribution in [-0.2, 0) is 23.8 Å². The molecule has 0 bridgehead atoms. The maximum absolute atomic E-state index is 12.2. The van der Waals surface area contributed by atoms with Crippen molar-refractivity contribution in [3.8, 4) is 6.01 Å². The van der Waals surface area contributed by atoms with Crippen molar-refractivity contribution in [3.05, 3.63) is 26.9 Å². The summed E-state index contributed by atoms with van der Waals surface area (Å²) < 4.78 is 48.8. The minimum Gasteiger partial charge on any atom is -0.467 e. The molecule has 0 radical (unpaired) electrons. The molecule has 0 spiro atoms. The van der Waals surface area contributed by atoms with Crippen molar-refractivity contribution in [3.63, 3.8) is 0 Å². The number of thiazole rings is 1. The van der Waals surface area contributed by atoms with Crippen LogP contribution in [0.15, 0.2) is 20.8 Å². The molecule has 0 aliphatic rings. The molecule has 0 aliphatic heterocycles. The molecule has 0 aliphatic carbocycles. The van der Waals surface area contributed by atoms with Crippen molar-refractivity contribution < 1.29 is 22.3 Å². The average Bonchev–Trinajstić information content (AvgIpc) is 3.09. The molecule has 11 nitrogen and oxygen atoms in total. The highest BCUT2D eigenvalue weighted by Gasteiger charge is 2.21. The molecule has 0 aromatic carbocycles. The zero-order valence-electron chi connectivity index (χ0n) is 13.2. The molecule has 25 heavy (non-hydrogen) atoms. The highest BCUT2D eigenvalue weighted by Crippen LogP contribution is 1.99. The smallest absolute Gasteiger partial charge is 0.361 e. The molecule has 1 amide bonds. The minimum absolute atomic E-state index is 0.0553. The number of nitrogens with one attached hydrogen (secondary N) is 1. The third-order valence-corrected chi connectivity index (χ3v) is 4.68. The van der Waals surface area contributed by atoms with E-state index in [9.17, 15) is 22.4 Å². The lowest BCUT2D eigenvalue weighted by Crippen LogP contribution is -2.40. The van der Waals surface area contributed by atoms with Crippen molar-refractivity contribution in [2.45, 2.75) is 13.0 Å². The number of aromatic nitrogens is 4. The topological polar surface area (TPSA) is 130 Å². The lowest BCUT2D eigenvalue weighted by molar-refractivity contribution is 0.243. The van der Waals surface area contributed by atoms with Gasteiger partial charge in [-0.3, -0.25) is 4.39 Å². The summed E-state index contributed by atoms with van der Waals surface area (Å²) in [5.74, 6) is 0. The van der Waals surface area contributed by atoms with E-state index in [-0.39, 0.29) is 23.8 Å². The predicted molar refractivity (Wildman–Crippen MR) is 85.3 cm³/mol. The fourth-order valence-electron chi connectivity index (χ4n) is 1.78. The zero-order chi connectivity index (χ0) is 18.6. The lowest BCUT2D eigenvalue weighted by atomic mass is 10.5. The van der Waals surface area contributed by atoms with Gasteiger partial charge in [-0.1, -0.05) is 0 Å². The molecule has 2 rings (SSSR count). The lowest BCUT2D eigenvalue weighted by Gasteiger charge is -2.02. The number of ether oxygens (including phenoxy) is 1. The van der Waals surface area contributed by atoms with Crippen LogP contribution in [0.5, 0.6) is 6.01 Å². The maximum Gasteiger partial charge on any atom is 0.361 e. The molecule has 138 valence electrons. The van der Waals surface area contributed by atoms with Crippen molar-refractivity contribution in [1.82, 2.24) is 23.6 Å². The molecule has 0 fully saturated rings. The van der Waals surface area contributed by atoms with Crippen LogP contribution in [-0.4, -0.2) is 47.1 Å². The summed E-state index contributed by atoms with van der Waals surface area (Å²) in [5, 5.41) is 5.12. The Morgan fingerprint density at radius 3 is 2.84 bits per heavy atom. The second kappa shape index (κ2) is 7.60.